The van der Waals surface area contributed by atoms with Crippen LogP contribution in [-0.2, 0) is 0 Å². The van der Waals surface area contributed by atoms with Crippen molar-refractivity contribution < 1.29 is 0 Å². The standard InChI is InChI=1S/C15H21N/c1-11(10-16-13-7-8-13)14-9-15(14)12-5-3-2-4-6-12/h2-6,11,13-16H,7-10H2,1H3. The Labute approximate surface area is 98.3 Å². The molecule has 0 radical (unpaired) electrons. The van der Waals surface area contributed by atoms with E-state index in [2.05, 4.69) is 42.6 Å². The molecule has 0 spiro atoms. The molecule has 2 fully saturated rings. The lowest BCUT2D eigenvalue weighted by Crippen LogP contribution is -2.24. The van der Waals surface area contributed by atoms with Gasteiger partial charge in [-0.05, 0) is 49.1 Å². The van der Waals surface area contributed by atoms with Crippen LogP contribution >= 0.6 is 0 Å². The van der Waals surface area contributed by atoms with Crippen molar-refractivity contribution >= 4 is 0 Å². The van der Waals surface area contributed by atoms with E-state index < -0.39 is 0 Å². The first-order chi connectivity index (χ1) is 7.84. The van der Waals surface area contributed by atoms with E-state index in [-0.39, 0.29) is 0 Å². The quantitative estimate of drug-likeness (QED) is 0.795. The van der Waals surface area contributed by atoms with Crippen molar-refractivity contribution in [1.82, 2.24) is 5.32 Å². The molecular formula is C15H21N. The van der Waals surface area contributed by atoms with E-state index >= 15 is 0 Å². The zero-order valence-corrected chi connectivity index (χ0v) is 10.0. The van der Waals surface area contributed by atoms with Crippen LogP contribution in [0.25, 0.3) is 0 Å². The zero-order valence-electron chi connectivity index (χ0n) is 10.0. The number of hydrogen-bond donors (Lipinski definition) is 1. The Bertz CT molecular complexity index is 342. The highest BCUT2D eigenvalue weighted by Crippen LogP contribution is 2.51. The molecule has 0 amide bonds. The lowest BCUT2D eigenvalue weighted by Gasteiger charge is -2.12. The Kier molecular flexibility index (Phi) is 2.72. The highest BCUT2D eigenvalue weighted by atomic mass is 14.9. The monoisotopic (exact) mass is 215 g/mol. The molecule has 2 saturated carbocycles. The summed E-state index contributed by atoms with van der Waals surface area (Å²) in [6.07, 6.45) is 4.20. The van der Waals surface area contributed by atoms with Crippen LogP contribution in [0.2, 0.25) is 0 Å². The molecule has 0 aromatic heterocycles. The summed E-state index contributed by atoms with van der Waals surface area (Å²) in [6, 6.07) is 11.9. The van der Waals surface area contributed by atoms with E-state index in [9.17, 15) is 0 Å². The van der Waals surface area contributed by atoms with Crippen molar-refractivity contribution in [3.05, 3.63) is 35.9 Å². The van der Waals surface area contributed by atoms with E-state index in [1.807, 2.05) is 0 Å². The number of hydrogen-bond acceptors (Lipinski definition) is 1. The summed E-state index contributed by atoms with van der Waals surface area (Å²) in [5.41, 5.74) is 1.55. The molecule has 3 atom stereocenters. The van der Waals surface area contributed by atoms with Crippen LogP contribution in [0.15, 0.2) is 30.3 Å². The molecular weight excluding hydrogens is 194 g/mol. The minimum absolute atomic E-state index is 0.839. The van der Waals surface area contributed by atoms with Gasteiger partial charge in [-0.2, -0.15) is 0 Å². The fraction of sp³-hybridized carbons (Fsp3) is 0.600. The molecule has 2 aliphatic carbocycles. The van der Waals surface area contributed by atoms with Crippen molar-refractivity contribution in [3.63, 3.8) is 0 Å². The van der Waals surface area contributed by atoms with Gasteiger partial charge in [0.25, 0.3) is 0 Å². The SMILES string of the molecule is CC(CNC1CC1)C1CC1c1ccccc1. The molecule has 1 N–H and O–H groups in total. The Morgan fingerprint density at radius 2 is 2.00 bits per heavy atom. The number of benzene rings is 1. The van der Waals surface area contributed by atoms with Gasteiger partial charge < -0.3 is 5.32 Å². The van der Waals surface area contributed by atoms with E-state index in [0.717, 1.165) is 23.8 Å². The fourth-order valence-corrected chi connectivity index (χ4v) is 2.72. The smallest absolute Gasteiger partial charge is 0.00683 e. The van der Waals surface area contributed by atoms with Crippen molar-refractivity contribution in [1.29, 1.82) is 0 Å². The maximum absolute atomic E-state index is 3.65. The summed E-state index contributed by atoms with van der Waals surface area (Å²) < 4.78 is 0. The van der Waals surface area contributed by atoms with E-state index in [4.69, 9.17) is 0 Å². The van der Waals surface area contributed by atoms with Crippen LogP contribution < -0.4 is 5.32 Å². The summed E-state index contributed by atoms with van der Waals surface area (Å²) in [5, 5.41) is 3.65. The maximum Gasteiger partial charge on any atom is 0.00683 e. The average Bonchev–Trinajstić information content (AvgIpc) is 3.19. The van der Waals surface area contributed by atoms with E-state index in [1.54, 1.807) is 5.56 Å². The molecule has 3 rings (SSSR count). The van der Waals surface area contributed by atoms with Gasteiger partial charge in [0.05, 0.1) is 0 Å². The van der Waals surface area contributed by atoms with Crippen molar-refractivity contribution in [3.8, 4) is 0 Å². The second-order valence-corrected chi connectivity index (χ2v) is 5.58. The van der Waals surface area contributed by atoms with Crippen molar-refractivity contribution in [2.24, 2.45) is 11.8 Å². The molecule has 1 nitrogen and oxygen atoms in total. The van der Waals surface area contributed by atoms with Gasteiger partial charge in [-0.15, -0.1) is 0 Å². The van der Waals surface area contributed by atoms with Crippen molar-refractivity contribution in [2.75, 3.05) is 6.54 Å². The lowest BCUT2D eigenvalue weighted by molar-refractivity contribution is 0.452. The van der Waals surface area contributed by atoms with Crippen molar-refractivity contribution in [2.45, 2.75) is 38.1 Å². The Balaban J connectivity index is 1.50. The predicted molar refractivity (Wildman–Crippen MR) is 67.5 cm³/mol. The molecule has 0 aliphatic heterocycles. The highest BCUT2D eigenvalue weighted by molar-refractivity contribution is 5.25. The Morgan fingerprint density at radius 1 is 1.25 bits per heavy atom. The summed E-state index contributed by atoms with van der Waals surface area (Å²) in [7, 11) is 0. The Morgan fingerprint density at radius 3 is 2.69 bits per heavy atom. The number of nitrogens with one attached hydrogen (secondary N) is 1. The molecule has 0 saturated heterocycles. The van der Waals surface area contributed by atoms with Gasteiger partial charge in [0, 0.05) is 6.04 Å². The topological polar surface area (TPSA) is 12.0 Å². The molecule has 0 bridgehead atoms. The van der Waals surface area contributed by atoms with Crippen LogP contribution in [-0.4, -0.2) is 12.6 Å². The average molecular weight is 215 g/mol. The lowest BCUT2D eigenvalue weighted by atomic mass is 10.0. The second-order valence-electron chi connectivity index (χ2n) is 5.58. The minimum atomic E-state index is 0.839. The third-order valence-electron chi connectivity index (χ3n) is 4.10. The van der Waals surface area contributed by atoms with E-state index in [0.29, 0.717) is 0 Å². The van der Waals surface area contributed by atoms with Gasteiger partial charge in [0.1, 0.15) is 0 Å². The van der Waals surface area contributed by atoms with Crippen LogP contribution in [0.3, 0.4) is 0 Å². The summed E-state index contributed by atoms with van der Waals surface area (Å²) in [6.45, 7) is 3.63. The molecule has 1 aromatic rings. The fourth-order valence-electron chi connectivity index (χ4n) is 2.72. The second kappa shape index (κ2) is 4.21. The Hall–Kier alpha value is -0.820. The first-order valence-electron chi connectivity index (χ1n) is 6.63. The third kappa shape index (κ3) is 2.30. The summed E-state index contributed by atoms with van der Waals surface area (Å²) in [4.78, 5) is 0. The molecule has 1 aromatic carbocycles. The van der Waals surface area contributed by atoms with Gasteiger partial charge in [0.15, 0.2) is 0 Å². The zero-order chi connectivity index (χ0) is 11.0. The van der Waals surface area contributed by atoms with Crippen LogP contribution in [0.5, 0.6) is 0 Å². The first kappa shape index (κ1) is 10.3. The molecule has 0 heterocycles. The molecule has 3 unspecified atom stereocenters. The van der Waals surface area contributed by atoms with E-state index in [1.165, 1.54) is 25.8 Å². The largest absolute Gasteiger partial charge is 0.314 e. The minimum Gasteiger partial charge on any atom is -0.314 e. The normalized spacial score (nSPS) is 30.1. The van der Waals surface area contributed by atoms with Gasteiger partial charge in [-0.1, -0.05) is 37.3 Å². The van der Waals surface area contributed by atoms with Crippen LogP contribution in [0, 0.1) is 11.8 Å². The van der Waals surface area contributed by atoms with Gasteiger partial charge in [-0.25, -0.2) is 0 Å². The van der Waals surface area contributed by atoms with Crippen LogP contribution in [0.1, 0.15) is 37.7 Å². The number of rotatable bonds is 5. The maximum atomic E-state index is 3.65. The molecule has 16 heavy (non-hydrogen) atoms. The predicted octanol–water partition coefficient (Wildman–Crippen LogP) is 3.18. The van der Waals surface area contributed by atoms with Gasteiger partial charge in [0.2, 0.25) is 0 Å². The third-order valence-corrected chi connectivity index (χ3v) is 4.10. The molecule has 86 valence electrons. The highest BCUT2D eigenvalue weighted by Gasteiger charge is 2.41. The van der Waals surface area contributed by atoms with Gasteiger partial charge in [-0.3, -0.25) is 0 Å². The molecule has 2 aliphatic rings. The first-order valence-corrected chi connectivity index (χ1v) is 6.63. The summed E-state index contributed by atoms with van der Waals surface area (Å²) >= 11 is 0. The van der Waals surface area contributed by atoms with Crippen LogP contribution in [0.4, 0.5) is 0 Å². The van der Waals surface area contributed by atoms with Gasteiger partial charge >= 0.3 is 0 Å². The molecule has 1 heteroatoms. The summed E-state index contributed by atoms with van der Waals surface area (Å²) in [5.74, 6) is 2.61.